The Morgan fingerprint density at radius 1 is 0.906 bits per heavy atom. The first kappa shape index (κ1) is 22.9. The Bertz CT molecular complexity index is 1000. The highest BCUT2D eigenvalue weighted by molar-refractivity contribution is 7.16. The SMILES string of the molecule is CC(=O)c1ccc(C(=O)N2CCC3(CCN(C(=O)CCCC(=O)c4cccs4)C3)CC2)s1. The first-order valence-electron chi connectivity index (χ1n) is 11.1. The second-order valence-corrected chi connectivity index (χ2v) is 10.9. The van der Waals surface area contributed by atoms with Gasteiger partial charge in [-0.2, -0.15) is 0 Å². The molecule has 6 nitrogen and oxygen atoms in total. The maximum Gasteiger partial charge on any atom is 0.263 e. The molecule has 2 aromatic heterocycles. The standard InChI is InChI=1S/C24H28N2O4S2/c1-17(27)19-7-8-21(32-19)23(30)25-12-9-24(10-13-25)11-14-26(16-24)22(29)6-2-4-18(28)20-5-3-15-31-20/h3,5,7-8,15H,2,4,6,9-14,16H2,1H3. The molecular formula is C24H28N2O4S2. The van der Waals surface area contributed by atoms with Gasteiger partial charge in [0.1, 0.15) is 0 Å². The third kappa shape index (κ3) is 5.02. The second kappa shape index (κ2) is 9.67. The third-order valence-corrected chi connectivity index (χ3v) is 8.74. The molecule has 0 atom stereocenters. The minimum Gasteiger partial charge on any atom is -0.342 e. The summed E-state index contributed by atoms with van der Waals surface area (Å²) in [6, 6.07) is 7.17. The largest absolute Gasteiger partial charge is 0.342 e. The van der Waals surface area contributed by atoms with E-state index >= 15 is 0 Å². The molecule has 2 saturated heterocycles. The van der Waals surface area contributed by atoms with E-state index in [0.717, 1.165) is 37.2 Å². The van der Waals surface area contributed by atoms with Crippen LogP contribution in [0.5, 0.6) is 0 Å². The molecule has 2 aliphatic rings. The van der Waals surface area contributed by atoms with Crippen LogP contribution in [0.3, 0.4) is 0 Å². The first-order chi connectivity index (χ1) is 15.4. The molecule has 32 heavy (non-hydrogen) atoms. The smallest absolute Gasteiger partial charge is 0.263 e. The van der Waals surface area contributed by atoms with Crippen molar-refractivity contribution in [2.24, 2.45) is 5.41 Å². The Morgan fingerprint density at radius 3 is 2.22 bits per heavy atom. The second-order valence-electron chi connectivity index (χ2n) is 8.83. The minimum atomic E-state index is -0.0155. The number of amides is 2. The fourth-order valence-corrected chi connectivity index (χ4v) is 6.22. The highest BCUT2D eigenvalue weighted by Gasteiger charge is 2.42. The van der Waals surface area contributed by atoms with E-state index in [9.17, 15) is 19.2 Å². The van der Waals surface area contributed by atoms with Gasteiger partial charge in [0.25, 0.3) is 5.91 Å². The van der Waals surface area contributed by atoms with Crippen molar-refractivity contribution in [2.75, 3.05) is 26.2 Å². The molecule has 4 heterocycles. The van der Waals surface area contributed by atoms with Crippen LogP contribution in [0.25, 0.3) is 0 Å². The van der Waals surface area contributed by atoms with Gasteiger partial charge in [0.2, 0.25) is 5.91 Å². The van der Waals surface area contributed by atoms with Crippen LogP contribution < -0.4 is 0 Å². The normalized spacial score (nSPS) is 17.7. The topological polar surface area (TPSA) is 74.8 Å². The molecule has 0 radical (unpaired) electrons. The maximum atomic E-state index is 12.8. The van der Waals surface area contributed by atoms with Gasteiger partial charge in [0.05, 0.1) is 14.6 Å². The van der Waals surface area contributed by atoms with Crippen molar-refractivity contribution in [2.45, 2.75) is 45.4 Å². The monoisotopic (exact) mass is 472 g/mol. The van der Waals surface area contributed by atoms with Crippen LogP contribution >= 0.6 is 22.7 Å². The van der Waals surface area contributed by atoms with Crippen molar-refractivity contribution in [3.8, 4) is 0 Å². The van der Waals surface area contributed by atoms with Gasteiger partial charge in [-0.3, -0.25) is 19.2 Å². The van der Waals surface area contributed by atoms with E-state index in [0.29, 0.717) is 42.1 Å². The summed E-state index contributed by atoms with van der Waals surface area (Å²) in [5.74, 6) is 0.232. The Labute approximate surface area is 196 Å². The summed E-state index contributed by atoms with van der Waals surface area (Å²) in [7, 11) is 0. The van der Waals surface area contributed by atoms with Gasteiger partial charge in [-0.05, 0) is 61.6 Å². The van der Waals surface area contributed by atoms with Crippen LogP contribution in [-0.4, -0.2) is 59.4 Å². The molecule has 2 amide bonds. The lowest BCUT2D eigenvalue weighted by Gasteiger charge is -2.39. The van der Waals surface area contributed by atoms with Gasteiger partial charge < -0.3 is 9.80 Å². The van der Waals surface area contributed by atoms with E-state index in [-0.39, 0.29) is 28.8 Å². The lowest BCUT2D eigenvalue weighted by Crippen LogP contribution is -2.44. The predicted octanol–water partition coefficient (Wildman–Crippen LogP) is 4.52. The molecule has 1 spiro atoms. The zero-order valence-corrected chi connectivity index (χ0v) is 19.9. The highest BCUT2D eigenvalue weighted by Crippen LogP contribution is 2.41. The van der Waals surface area contributed by atoms with Crippen LogP contribution in [0.1, 0.15) is 74.5 Å². The van der Waals surface area contributed by atoms with E-state index < -0.39 is 0 Å². The number of hydrogen-bond acceptors (Lipinski definition) is 6. The molecule has 8 heteroatoms. The summed E-state index contributed by atoms with van der Waals surface area (Å²) in [5, 5.41) is 1.89. The molecule has 0 bridgehead atoms. The number of piperidine rings is 1. The Balaban J connectivity index is 1.23. The summed E-state index contributed by atoms with van der Waals surface area (Å²) < 4.78 is 0. The molecule has 2 fully saturated rings. The van der Waals surface area contributed by atoms with Crippen molar-refractivity contribution in [3.63, 3.8) is 0 Å². The average Bonchev–Trinajstić information content (AvgIpc) is 3.54. The van der Waals surface area contributed by atoms with E-state index in [4.69, 9.17) is 0 Å². The maximum absolute atomic E-state index is 12.8. The van der Waals surface area contributed by atoms with Gasteiger partial charge in [-0.1, -0.05) is 6.07 Å². The van der Waals surface area contributed by atoms with Crippen LogP contribution in [0.2, 0.25) is 0 Å². The van der Waals surface area contributed by atoms with Crippen LogP contribution in [0.4, 0.5) is 0 Å². The summed E-state index contributed by atoms with van der Waals surface area (Å²) in [6.45, 7) is 4.39. The zero-order valence-electron chi connectivity index (χ0n) is 18.3. The Kier molecular flexibility index (Phi) is 6.90. The molecule has 0 unspecified atom stereocenters. The van der Waals surface area contributed by atoms with Crippen LogP contribution in [0.15, 0.2) is 29.6 Å². The number of hydrogen-bond donors (Lipinski definition) is 0. The van der Waals surface area contributed by atoms with Crippen molar-refractivity contribution < 1.29 is 19.2 Å². The van der Waals surface area contributed by atoms with Crippen molar-refractivity contribution >= 4 is 46.1 Å². The molecule has 0 N–H and O–H groups in total. The quantitative estimate of drug-likeness (QED) is 0.555. The van der Waals surface area contributed by atoms with Gasteiger partial charge in [-0.15, -0.1) is 22.7 Å². The fraction of sp³-hybridized carbons (Fsp3) is 0.500. The predicted molar refractivity (Wildman–Crippen MR) is 126 cm³/mol. The number of nitrogens with zero attached hydrogens (tertiary/aromatic N) is 2. The molecule has 4 rings (SSSR count). The van der Waals surface area contributed by atoms with Crippen LogP contribution in [-0.2, 0) is 4.79 Å². The molecule has 170 valence electrons. The van der Waals surface area contributed by atoms with Crippen molar-refractivity contribution in [1.82, 2.24) is 9.80 Å². The van der Waals surface area contributed by atoms with E-state index in [1.54, 1.807) is 12.1 Å². The van der Waals surface area contributed by atoms with E-state index in [2.05, 4.69) is 0 Å². The lowest BCUT2D eigenvalue weighted by molar-refractivity contribution is -0.130. The number of likely N-dealkylation sites (tertiary alicyclic amines) is 2. The summed E-state index contributed by atoms with van der Waals surface area (Å²) >= 11 is 2.71. The van der Waals surface area contributed by atoms with Gasteiger partial charge in [0, 0.05) is 39.0 Å². The third-order valence-electron chi connectivity index (χ3n) is 6.66. The number of Topliss-reactive ketones (excluding diaryl/α,β-unsaturated/α-hetero) is 2. The zero-order chi connectivity index (χ0) is 22.7. The number of rotatable bonds is 7. The molecule has 0 aromatic carbocycles. The highest BCUT2D eigenvalue weighted by atomic mass is 32.1. The van der Waals surface area contributed by atoms with Crippen LogP contribution in [0, 0.1) is 5.41 Å². The van der Waals surface area contributed by atoms with Crippen molar-refractivity contribution in [1.29, 1.82) is 0 Å². The number of thiophene rings is 2. The van der Waals surface area contributed by atoms with Gasteiger partial charge in [0.15, 0.2) is 11.6 Å². The van der Waals surface area contributed by atoms with Crippen molar-refractivity contribution in [3.05, 3.63) is 44.3 Å². The Hall–Kier alpha value is -2.32. The minimum absolute atomic E-state index is 0.00122. The molecule has 0 saturated carbocycles. The number of ketones is 2. The molecule has 0 aliphatic carbocycles. The Morgan fingerprint density at radius 2 is 1.59 bits per heavy atom. The van der Waals surface area contributed by atoms with E-state index in [1.807, 2.05) is 27.3 Å². The lowest BCUT2D eigenvalue weighted by atomic mass is 9.77. The fourth-order valence-electron chi connectivity index (χ4n) is 4.66. The summed E-state index contributed by atoms with van der Waals surface area (Å²) in [6.07, 6.45) is 4.17. The first-order valence-corrected chi connectivity index (χ1v) is 12.8. The summed E-state index contributed by atoms with van der Waals surface area (Å²) in [4.78, 5) is 54.9. The molecule has 2 aliphatic heterocycles. The number of carbonyl (C=O) groups excluding carboxylic acids is 4. The van der Waals surface area contributed by atoms with E-state index in [1.165, 1.54) is 29.6 Å². The van der Waals surface area contributed by atoms with Gasteiger partial charge in [-0.25, -0.2) is 0 Å². The average molecular weight is 473 g/mol. The molecule has 2 aromatic rings. The number of carbonyl (C=O) groups is 4. The molecular weight excluding hydrogens is 444 g/mol. The van der Waals surface area contributed by atoms with Gasteiger partial charge >= 0.3 is 0 Å². The summed E-state index contributed by atoms with van der Waals surface area (Å²) in [5.41, 5.74) is 0.0965.